The zero-order valence-electron chi connectivity index (χ0n) is 18.7. The molecule has 7 heteroatoms. The minimum Gasteiger partial charge on any atom is -0.467 e. The van der Waals surface area contributed by atoms with Crippen molar-refractivity contribution >= 4 is 17.3 Å². The number of nitrogens with zero attached hydrogens (tertiary/aromatic N) is 3. The molecule has 0 amide bonds. The second kappa shape index (κ2) is 9.00. The number of benzene rings is 1. The van der Waals surface area contributed by atoms with Gasteiger partial charge in [0.05, 0.1) is 5.69 Å². The maximum absolute atomic E-state index is 11.2. The van der Waals surface area contributed by atoms with Crippen LogP contribution in [0.4, 0.5) is 0 Å². The zero-order chi connectivity index (χ0) is 22.1. The largest absolute Gasteiger partial charge is 0.467 e. The number of methoxy groups -OCH3 is 1. The van der Waals surface area contributed by atoms with Gasteiger partial charge in [-0.15, -0.1) is 10.2 Å². The van der Waals surface area contributed by atoms with E-state index in [-0.39, 0.29) is 12.7 Å². The fourth-order valence-corrected chi connectivity index (χ4v) is 5.46. The molecule has 0 spiro atoms. The fraction of sp³-hybridized carbons (Fsp3) is 0.480. The first-order chi connectivity index (χ1) is 15.7. The summed E-state index contributed by atoms with van der Waals surface area (Å²) in [6, 6.07) is 10.8. The van der Waals surface area contributed by atoms with Gasteiger partial charge in [0.15, 0.2) is 12.4 Å². The topological polar surface area (TPSA) is 80.3 Å². The molecule has 0 saturated heterocycles. The number of rotatable bonds is 6. The van der Waals surface area contributed by atoms with Gasteiger partial charge in [-0.1, -0.05) is 12.1 Å². The third-order valence-corrected chi connectivity index (χ3v) is 7.11. The Morgan fingerprint density at radius 3 is 2.78 bits per heavy atom. The van der Waals surface area contributed by atoms with Crippen molar-refractivity contribution in [2.45, 2.75) is 51.1 Å². The monoisotopic (exact) mass is 434 g/mol. The Hall–Kier alpha value is -2.77. The van der Waals surface area contributed by atoms with E-state index in [0.717, 1.165) is 73.0 Å². The first-order valence-electron chi connectivity index (χ1n) is 11.5. The van der Waals surface area contributed by atoms with Crippen LogP contribution in [0.15, 0.2) is 30.3 Å². The lowest BCUT2D eigenvalue weighted by Gasteiger charge is -2.42. The Kier molecular flexibility index (Phi) is 5.93. The van der Waals surface area contributed by atoms with E-state index >= 15 is 0 Å². The molecule has 1 atom stereocenters. The molecule has 32 heavy (non-hydrogen) atoms. The van der Waals surface area contributed by atoms with Gasteiger partial charge in [0.2, 0.25) is 0 Å². The Labute approximate surface area is 188 Å². The second-order valence-corrected chi connectivity index (χ2v) is 8.92. The molecule has 5 rings (SSSR count). The molecular weight excluding hydrogens is 404 g/mol. The minimum atomic E-state index is 0.185. The molecule has 0 radical (unpaired) electrons. The van der Waals surface area contributed by atoms with Crippen LogP contribution < -0.4 is 4.74 Å². The van der Waals surface area contributed by atoms with Gasteiger partial charge < -0.3 is 19.3 Å². The standard InChI is InChI=1S/C25H30N4O3/c1-16-24-20-13-22(19-5-3-4-6-23(19)32-15-31-2)27-28-25(20)26-21(24)11-12-29(16)18-9-7-17(14-30)8-10-18/h3-6,13-14,16-18H,7-12,15H2,1-2H3,(H,26,28)/t16-,17?,18?/m0/s1. The predicted octanol–water partition coefficient (Wildman–Crippen LogP) is 4.28. The Bertz CT molecular complexity index is 1100. The average molecular weight is 435 g/mol. The van der Waals surface area contributed by atoms with E-state index in [2.05, 4.69) is 33.1 Å². The van der Waals surface area contributed by atoms with E-state index < -0.39 is 0 Å². The molecule has 1 saturated carbocycles. The molecule has 3 aromatic rings. The lowest BCUT2D eigenvalue weighted by Crippen LogP contribution is -2.43. The van der Waals surface area contributed by atoms with Crippen molar-refractivity contribution in [1.29, 1.82) is 0 Å². The highest BCUT2D eigenvalue weighted by Gasteiger charge is 2.34. The van der Waals surface area contributed by atoms with Gasteiger partial charge in [-0.3, -0.25) is 4.90 Å². The molecule has 2 aliphatic rings. The van der Waals surface area contributed by atoms with Crippen LogP contribution in [0.5, 0.6) is 5.75 Å². The number of hydrogen-bond acceptors (Lipinski definition) is 6. The average Bonchev–Trinajstić information content (AvgIpc) is 3.22. The summed E-state index contributed by atoms with van der Waals surface area (Å²) in [4.78, 5) is 17.3. The van der Waals surface area contributed by atoms with Crippen molar-refractivity contribution in [3.63, 3.8) is 0 Å². The molecule has 1 aliphatic heterocycles. The third-order valence-electron chi connectivity index (χ3n) is 7.11. The van der Waals surface area contributed by atoms with Gasteiger partial charge in [-0.25, -0.2) is 0 Å². The van der Waals surface area contributed by atoms with E-state index in [1.54, 1.807) is 7.11 Å². The third kappa shape index (κ3) is 3.80. The summed E-state index contributed by atoms with van der Waals surface area (Å²) in [5.41, 5.74) is 5.13. The predicted molar refractivity (Wildman–Crippen MR) is 122 cm³/mol. The van der Waals surface area contributed by atoms with Gasteiger partial charge in [0, 0.05) is 54.7 Å². The molecule has 1 N–H and O–H groups in total. The van der Waals surface area contributed by atoms with Crippen LogP contribution in [-0.2, 0) is 16.0 Å². The lowest BCUT2D eigenvalue weighted by atomic mass is 9.84. The highest BCUT2D eigenvalue weighted by Crippen LogP contribution is 2.40. The SMILES string of the molecule is COCOc1ccccc1-c1cc2c3c([nH]c2nn1)CCN(C1CCC(C=O)CC1)[C@H]3C. The quantitative estimate of drug-likeness (QED) is 0.461. The number of carbonyl (C=O) groups excluding carboxylic acids is 1. The highest BCUT2D eigenvalue weighted by molar-refractivity contribution is 5.86. The minimum absolute atomic E-state index is 0.185. The van der Waals surface area contributed by atoms with Crippen LogP contribution in [0.25, 0.3) is 22.3 Å². The van der Waals surface area contributed by atoms with Crippen LogP contribution in [0.2, 0.25) is 0 Å². The van der Waals surface area contributed by atoms with Gasteiger partial charge in [0.1, 0.15) is 12.0 Å². The van der Waals surface area contributed by atoms with Crippen molar-refractivity contribution in [1.82, 2.24) is 20.1 Å². The summed E-state index contributed by atoms with van der Waals surface area (Å²) in [6.07, 6.45) is 6.33. The van der Waals surface area contributed by atoms with E-state index in [9.17, 15) is 4.79 Å². The number of ether oxygens (including phenoxy) is 2. The van der Waals surface area contributed by atoms with Gasteiger partial charge in [-0.2, -0.15) is 0 Å². The van der Waals surface area contributed by atoms with Crippen LogP contribution in [0.1, 0.15) is 49.9 Å². The van der Waals surface area contributed by atoms with Crippen LogP contribution in [0.3, 0.4) is 0 Å². The molecule has 0 unspecified atom stereocenters. The summed E-state index contributed by atoms with van der Waals surface area (Å²) in [5.74, 6) is 0.974. The van der Waals surface area contributed by atoms with E-state index in [4.69, 9.17) is 9.47 Å². The van der Waals surface area contributed by atoms with Crippen LogP contribution in [0, 0.1) is 5.92 Å². The lowest BCUT2D eigenvalue weighted by molar-refractivity contribution is -0.112. The van der Waals surface area contributed by atoms with Crippen LogP contribution in [-0.4, -0.2) is 52.9 Å². The van der Waals surface area contributed by atoms with E-state index in [0.29, 0.717) is 12.1 Å². The van der Waals surface area contributed by atoms with Crippen molar-refractivity contribution in [3.05, 3.63) is 41.6 Å². The number of aromatic nitrogens is 3. The number of aldehydes is 1. The smallest absolute Gasteiger partial charge is 0.188 e. The maximum Gasteiger partial charge on any atom is 0.188 e. The summed E-state index contributed by atoms with van der Waals surface area (Å²) in [7, 11) is 1.61. The van der Waals surface area contributed by atoms with E-state index in [1.165, 1.54) is 11.3 Å². The van der Waals surface area contributed by atoms with Crippen molar-refractivity contribution in [3.8, 4) is 17.0 Å². The molecule has 168 valence electrons. The first-order valence-corrected chi connectivity index (χ1v) is 11.5. The molecular formula is C25H30N4O3. The molecule has 7 nitrogen and oxygen atoms in total. The first kappa shape index (κ1) is 21.1. The van der Waals surface area contributed by atoms with Gasteiger partial charge >= 0.3 is 0 Å². The number of nitrogens with one attached hydrogen (secondary N) is 1. The van der Waals surface area contributed by atoms with Crippen molar-refractivity contribution < 1.29 is 14.3 Å². The summed E-state index contributed by atoms with van der Waals surface area (Å²) in [6.45, 7) is 3.52. The Morgan fingerprint density at radius 1 is 1.19 bits per heavy atom. The number of fused-ring (bicyclic) bond motifs is 3. The maximum atomic E-state index is 11.2. The van der Waals surface area contributed by atoms with Gasteiger partial charge in [-0.05, 0) is 56.4 Å². The number of hydrogen-bond donors (Lipinski definition) is 1. The fourth-order valence-electron chi connectivity index (χ4n) is 5.46. The number of H-pyrrole nitrogens is 1. The Balaban J connectivity index is 1.48. The summed E-state index contributed by atoms with van der Waals surface area (Å²) < 4.78 is 10.8. The number of carbonyl (C=O) groups is 1. The van der Waals surface area contributed by atoms with Gasteiger partial charge in [0.25, 0.3) is 0 Å². The summed E-state index contributed by atoms with van der Waals surface area (Å²) in [5, 5.41) is 10.1. The molecule has 1 fully saturated rings. The van der Waals surface area contributed by atoms with E-state index in [1.807, 2.05) is 24.3 Å². The summed E-state index contributed by atoms with van der Waals surface area (Å²) >= 11 is 0. The zero-order valence-corrected chi connectivity index (χ0v) is 18.7. The number of para-hydroxylation sites is 1. The second-order valence-electron chi connectivity index (χ2n) is 8.92. The molecule has 0 bridgehead atoms. The van der Waals surface area contributed by atoms with Crippen LogP contribution >= 0.6 is 0 Å². The molecule has 3 heterocycles. The number of aromatic amines is 1. The molecule has 1 aliphatic carbocycles. The molecule has 1 aromatic carbocycles. The molecule has 2 aromatic heterocycles. The Morgan fingerprint density at radius 2 is 2.00 bits per heavy atom. The van der Waals surface area contributed by atoms with Crippen molar-refractivity contribution in [2.24, 2.45) is 5.92 Å². The highest BCUT2D eigenvalue weighted by atomic mass is 16.7. The van der Waals surface area contributed by atoms with Crippen molar-refractivity contribution in [2.75, 3.05) is 20.4 Å². The normalized spacial score (nSPS) is 23.8.